The number of hydrogen-bond donors (Lipinski definition) is 1. The highest BCUT2D eigenvalue weighted by Gasteiger charge is 2.32. The highest BCUT2D eigenvalue weighted by molar-refractivity contribution is 5.73. The van der Waals surface area contributed by atoms with Gasteiger partial charge in [0.05, 0.1) is 11.4 Å². The number of fused-ring (bicyclic) bond motifs is 1. The van der Waals surface area contributed by atoms with Crippen LogP contribution in [-0.2, 0) is 0 Å². The van der Waals surface area contributed by atoms with Crippen molar-refractivity contribution < 1.29 is 0 Å². The summed E-state index contributed by atoms with van der Waals surface area (Å²) in [6.45, 7) is 5.78. The fraction of sp³-hybridized carbons (Fsp3) is 0.647. The van der Waals surface area contributed by atoms with Gasteiger partial charge in [-0.3, -0.25) is 0 Å². The Morgan fingerprint density at radius 3 is 2.95 bits per heavy atom. The van der Waals surface area contributed by atoms with Gasteiger partial charge in [0, 0.05) is 18.6 Å². The third-order valence-corrected chi connectivity index (χ3v) is 4.97. The minimum atomic E-state index is 0.607. The molecule has 0 amide bonds. The number of anilines is 2. The third-order valence-electron chi connectivity index (χ3n) is 4.97. The summed E-state index contributed by atoms with van der Waals surface area (Å²) >= 11 is 0. The maximum absolute atomic E-state index is 3.56. The quantitative estimate of drug-likeness (QED) is 0.852. The van der Waals surface area contributed by atoms with Crippen LogP contribution in [0.25, 0.3) is 0 Å². The second kappa shape index (κ2) is 5.44. The molecule has 2 nitrogen and oxygen atoms in total. The van der Waals surface area contributed by atoms with Crippen LogP contribution < -0.4 is 10.2 Å². The highest BCUT2D eigenvalue weighted by atomic mass is 15.2. The zero-order valence-corrected chi connectivity index (χ0v) is 12.2. The Morgan fingerprint density at radius 2 is 2.11 bits per heavy atom. The van der Waals surface area contributed by atoms with Crippen LogP contribution in [0.2, 0.25) is 0 Å². The summed E-state index contributed by atoms with van der Waals surface area (Å²) in [5, 5.41) is 3.56. The summed E-state index contributed by atoms with van der Waals surface area (Å²) in [4.78, 5) is 2.70. The number of rotatable bonds is 2. The van der Waals surface area contributed by atoms with E-state index in [1.807, 2.05) is 0 Å². The molecule has 1 N–H and O–H groups in total. The fourth-order valence-corrected chi connectivity index (χ4v) is 3.88. The molecule has 0 spiro atoms. The Morgan fingerprint density at radius 1 is 1.26 bits per heavy atom. The van der Waals surface area contributed by atoms with Gasteiger partial charge in [0.2, 0.25) is 0 Å². The number of benzene rings is 1. The standard InChI is InChI=1S/C17H26N2/c1-3-14-7-6-8-15(11-14)19-13(2)12-18-16-9-4-5-10-17(16)19/h4-5,9-10,13-15,18H,3,6-8,11-12H2,1-2H3. The van der Waals surface area contributed by atoms with E-state index in [1.54, 1.807) is 0 Å². The average Bonchev–Trinajstić information content (AvgIpc) is 2.47. The maximum Gasteiger partial charge on any atom is 0.0607 e. The lowest BCUT2D eigenvalue weighted by Gasteiger charge is -2.45. The summed E-state index contributed by atoms with van der Waals surface area (Å²) in [5.74, 6) is 0.938. The van der Waals surface area contributed by atoms with Crippen molar-refractivity contribution in [2.24, 2.45) is 5.92 Å². The van der Waals surface area contributed by atoms with E-state index in [2.05, 4.69) is 48.3 Å². The van der Waals surface area contributed by atoms with Gasteiger partial charge in [0.15, 0.2) is 0 Å². The lowest BCUT2D eigenvalue weighted by atomic mass is 9.82. The van der Waals surface area contributed by atoms with Crippen molar-refractivity contribution in [3.8, 4) is 0 Å². The topological polar surface area (TPSA) is 15.3 Å². The van der Waals surface area contributed by atoms with E-state index in [4.69, 9.17) is 0 Å². The fourth-order valence-electron chi connectivity index (χ4n) is 3.88. The zero-order chi connectivity index (χ0) is 13.2. The van der Waals surface area contributed by atoms with Crippen LogP contribution in [0.4, 0.5) is 11.4 Å². The first-order chi connectivity index (χ1) is 9.29. The van der Waals surface area contributed by atoms with Crippen molar-refractivity contribution in [3.05, 3.63) is 24.3 Å². The van der Waals surface area contributed by atoms with E-state index < -0.39 is 0 Å². The molecule has 0 saturated heterocycles. The van der Waals surface area contributed by atoms with Crippen molar-refractivity contribution in [3.63, 3.8) is 0 Å². The summed E-state index contributed by atoms with van der Waals surface area (Å²) in [5.41, 5.74) is 2.74. The number of nitrogens with one attached hydrogen (secondary N) is 1. The van der Waals surface area contributed by atoms with Crippen molar-refractivity contribution in [1.82, 2.24) is 0 Å². The smallest absolute Gasteiger partial charge is 0.0607 e. The largest absolute Gasteiger partial charge is 0.381 e. The first-order valence-electron chi connectivity index (χ1n) is 7.90. The molecule has 2 aliphatic rings. The van der Waals surface area contributed by atoms with Gasteiger partial charge in [-0.25, -0.2) is 0 Å². The second-order valence-corrected chi connectivity index (χ2v) is 6.25. The van der Waals surface area contributed by atoms with Gasteiger partial charge in [0.25, 0.3) is 0 Å². The Balaban J connectivity index is 1.86. The predicted octanol–water partition coefficient (Wildman–Crippen LogP) is 4.28. The monoisotopic (exact) mass is 258 g/mol. The minimum absolute atomic E-state index is 0.607. The molecule has 0 bridgehead atoms. The van der Waals surface area contributed by atoms with Gasteiger partial charge in [0.1, 0.15) is 0 Å². The highest BCUT2D eigenvalue weighted by Crippen LogP contribution is 2.38. The molecule has 1 heterocycles. The summed E-state index contributed by atoms with van der Waals surface area (Å²) in [6, 6.07) is 10.2. The van der Waals surface area contributed by atoms with E-state index in [-0.39, 0.29) is 0 Å². The normalized spacial score (nSPS) is 30.6. The number of nitrogens with zero attached hydrogens (tertiary/aromatic N) is 1. The van der Waals surface area contributed by atoms with Crippen molar-refractivity contribution in [2.45, 2.75) is 58.0 Å². The van der Waals surface area contributed by atoms with E-state index in [0.717, 1.165) is 18.5 Å². The van der Waals surface area contributed by atoms with Crippen LogP contribution in [0.5, 0.6) is 0 Å². The lowest BCUT2D eigenvalue weighted by Crippen LogP contribution is -2.49. The molecule has 1 fully saturated rings. The van der Waals surface area contributed by atoms with Crippen LogP contribution in [0.1, 0.15) is 46.0 Å². The molecule has 2 heteroatoms. The van der Waals surface area contributed by atoms with Crippen molar-refractivity contribution in [2.75, 3.05) is 16.8 Å². The van der Waals surface area contributed by atoms with Crippen LogP contribution in [-0.4, -0.2) is 18.6 Å². The molecular formula is C17H26N2. The summed E-state index contributed by atoms with van der Waals surface area (Å²) in [6.07, 6.45) is 6.94. The summed E-state index contributed by atoms with van der Waals surface area (Å²) < 4.78 is 0. The average molecular weight is 258 g/mol. The Bertz CT molecular complexity index is 429. The second-order valence-electron chi connectivity index (χ2n) is 6.25. The van der Waals surface area contributed by atoms with E-state index in [1.165, 1.54) is 43.5 Å². The minimum Gasteiger partial charge on any atom is -0.381 e. The Hall–Kier alpha value is -1.18. The lowest BCUT2D eigenvalue weighted by molar-refractivity contribution is 0.294. The molecule has 1 aromatic rings. The number of para-hydroxylation sites is 2. The maximum atomic E-state index is 3.56. The molecule has 3 atom stereocenters. The first kappa shape index (κ1) is 12.8. The molecule has 3 unspecified atom stereocenters. The molecule has 104 valence electrons. The Kier molecular flexibility index (Phi) is 3.67. The van der Waals surface area contributed by atoms with Crippen LogP contribution in [0.15, 0.2) is 24.3 Å². The van der Waals surface area contributed by atoms with Crippen LogP contribution in [0, 0.1) is 5.92 Å². The first-order valence-corrected chi connectivity index (χ1v) is 7.90. The van der Waals surface area contributed by atoms with Crippen molar-refractivity contribution >= 4 is 11.4 Å². The van der Waals surface area contributed by atoms with E-state index in [9.17, 15) is 0 Å². The van der Waals surface area contributed by atoms with Gasteiger partial charge in [-0.15, -0.1) is 0 Å². The summed E-state index contributed by atoms with van der Waals surface area (Å²) in [7, 11) is 0. The van der Waals surface area contributed by atoms with Crippen molar-refractivity contribution in [1.29, 1.82) is 0 Å². The molecular weight excluding hydrogens is 232 g/mol. The molecule has 1 saturated carbocycles. The molecule has 3 rings (SSSR count). The molecule has 1 aliphatic carbocycles. The molecule has 0 radical (unpaired) electrons. The molecule has 1 aromatic carbocycles. The molecule has 19 heavy (non-hydrogen) atoms. The molecule has 0 aromatic heterocycles. The van der Waals surface area contributed by atoms with Gasteiger partial charge in [-0.2, -0.15) is 0 Å². The number of hydrogen-bond acceptors (Lipinski definition) is 2. The van der Waals surface area contributed by atoms with Crippen LogP contribution >= 0.6 is 0 Å². The zero-order valence-electron chi connectivity index (χ0n) is 12.2. The van der Waals surface area contributed by atoms with Gasteiger partial charge < -0.3 is 10.2 Å². The predicted molar refractivity (Wildman–Crippen MR) is 82.9 cm³/mol. The Labute approximate surface area is 117 Å². The van der Waals surface area contributed by atoms with Gasteiger partial charge >= 0.3 is 0 Å². The SMILES string of the molecule is CCC1CCCC(N2c3ccccc3NCC2C)C1. The van der Waals surface area contributed by atoms with E-state index >= 15 is 0 Å². The van der Waals surface area contributed by atoms with Gasteiger partial charge in [-0.1, -0.05) is 38.3 Å². The third kappa shape index (κ3) is 2.45. The molecule has 1 aliphatic heterocycles. The van der Waals surface area contributed by atoms with E-state index in [0.29, 0.717) is 6.04 Å². The van der Waals surface area contributed by atoms with Gasteiger partial charge in [-0.05, 0) is 37.8 Å². The van der Waals surface area contributed by atoms with Crippen LogP contribution in [0.3, 0.4) is 0 Å².